The molecule has 0 heterocycles. The van der Waals surface area contributed by atoms with Crippen molar-refractivity contribution < 1.29 is 4.92 Å². The predicted molar refractivity (Wildman–Crippen MR) is 60.5 cm³/mol. The van der Waals surface area contributed by atoms with Gasteiger partial charge in [0, 0.05) is 12.1 Å². The fourth-order valence-electron chi connectivity index (χ4n) is 0.666. The number of non-ortho nitro benzene ring substituents is 1. The quantitative estimate of drug-likeness (QED) is 0.505. The molecule has 0 fully saturated rings. The topological polar surface area (TPSA) is 43.1 Å². The minimum atomic E-state index is -0.403. The molecule has 0 unspecified atom stereocenters. The summed E-state index contributed by atoms with van der Waals surface area (Å²) in [5.74, 6) is 0. The number of nitro groups is 1. The highest BCUT2D eigenvalue weighted by molar-refractivity contribution is 5.31. The molecule has 0 amide bonds. The van der Waals surface area contributed by atoms with Gasteiger partial charge in [-0.2, -0.15) is 0 Å². The van der Waals surface area contributed by atoms with E-state index in [9.17, 15) is 10.1 Å². The van der Waals surface area contributed by atoms with Gasteiger partial charge in [-0.3, -0.25) is 10.1 Å². The Morgan fingerprint density at radius 1 is 1.00 bits per heavy atom. The van der Waals surface area contributed by atoms with Gasteiger partial charge >= 0.3 is 0 Å². The lowest BCUT2D eigenvalue weighted by Crippen LogP contribution is -1.86. The molecule has 0 radical (unpaired) electrons. The van der Waals surface area contributed by atoms with Gasteiger partial charge in [-0.05, 0) is 6.92 Å². The van der Waals surface area contributed by atoms with Crippen LogP contribution in [0.2, 0.25) is 0 Å². The molecule has 0 aromatic heterocycles. The fourth-order valence-corrected chi connectivity index (χ4v) is 0.666. The second kappa shape index (κ2) is 9.71. The molecule has 80 valence electrons. The van der Waals surface area contributed by atoms with E-state index in [0.29, 0.717) is 0 Å². The summed E-state index contributed by atoms with van der Waals surface area (Å²) in [6.45, 7) is 9.89. The Morgan fingerprint density at radius 3 is 1.64 bits per heavy atom. The lowest BCUT2D eigenvalue weighted by Gasteiger charge is -1.90. The third kappa shape index (κ3) is 6.17. The number of nitro benzene ring substituents is 1. The summed E-state index contributed by atoms with van der Waals surface area (Å²) in [4.78, 5) is 9.71. The molecule has 0 saturated heterocycles. The molecule has 3 heteroatoms. The van der Waals surface area contributed by atoms with Gasteiger partial charge in [0.25, 0.3) is 5.69 Å². The van der Waals surface area contributed by atoms with Gasteiger partial charge in [-0.1, -0.05) is 45.4 Å². The average Bonchev–Trinajstić information content (AvgIpc) is 2.24. The van der Waals surface area contributed by atoms with Crippen LogP contribution < -0.4 is 0 Å². The number of benzene rings is 1. The number of rotatable bonds is 1. The minimum Gasteiger partial charge on any atom is -0.258 e. The maximum absolute atomic E-state index is 10.1. The summed E-state index contributed by atoms with van der Waals surface area (Å²) in [6, 6.07) is 6.43. The van der Waals surface area contributed by atoms with Crippen molar-refractivity contribution in [3.8, 4) is 0 Å². The van der Waals surface area contributed by atoms with Crippen molar-refractivity contribution in [2.75, 3.05) is 0 Å². The smallest absolute Gasteiger partial charge is 0.258 e. The number of hydrogen-bond acceptors (Lipinski definition) is 2. The first-order valence-electron chi connectivity index (χ1n) is 4.91. The van der Waals surface area contributed by atoms with Gasteiger partial charge in [0.2, 0.25) is 0 Å². The first kappa shape index (κ1) is 15.1. The van der Waals surface area contributed by atoms with E-state index in [0.717, 1.165) is 5.56 Å². The van der Waals surface area contributed by atoms with E-state index >= 15 is 0 Å². The first-order chi connectivity index (χ1) is 6.70. The number of hydrogen-bond donors (Lipinski definition) is 0. The molecule has 0 saturated carbocycles. The van der Waals surface area contributed by atoms with E-state index in [1.807, 2.05) is 34.6 Å². The summed E-state index contributed by atoms with van der Waals surface area (Å²) >= 11 is 0. The molecular weight excluding hydrogens is 178 g/mol. The molecule has 14 heavy (non-hydrogen) atoms. The standard InChI is InChI=1S/C7H7NO2.2C2H6/c1-6-2-4-7(5-3-6)8(9)10;2*1-2/h2-5H,1H3;2*1-2H3. The molecule has 3 nitrogen and oxygen atoms in total. The van der Waals surface area contributed by atoms with E-state index in [1.165, 1.54) is 12.1 Å². The van der Waals surface area contributed by atoms with Crippen molar-refractivity contribution in [1.29, 1.82) is 0 Å². The van der Waals surface area contributed by atoms with Crippen molar-refractivity contribution in [2.24, 2.45) is 0 Å². The fraction of sp³-hybridized carbons (Fsp3) is 0.455. The molecule has 0 aliphatic carbocycles. The monoisotopic (exact) mass is 197 g/mol. The van der Waals surface area contributed by atoms with Crippen LogP contribution in [-0.4, -0.2) is 4.92 Å². The van der Waals surface area contributed by atoms with Crippen molar-refractivity contribution in [2.45, 2.75) is 34.6 Å². The molecular formula is C11H19NO2. The highest BCUT2D eigenvalue weighted by Crippen LogP contribution is 2.10. The van der Waals surface area contributed by atoms with Crippen LogP contribution in [0.5, 0.6) is 0 Å². The Morgan fingerprint density at radius 2 is 1.36 bits per heavy atom. The molecule has 1 aromatic rings. The van der Waals surface area contributed by atoms with Gasteiger partial charge in [0.15, 0.2) is 0 Å². The van der Waals surface area contributed by atoms with E-state index in [1.54, 1.807) is 12.1 Å². The third-order valence-electron chi connectivity index (χ3n) is 1.24. The predicted octanol–water partition coefficient (Wildman–Crippen LogP) is 3.96. The summed E-state index contributed by atoms with van der Waals surface area (Å²) in [7, 11) is 0. The van der Waals surface area contributed by atoms with Crippen molar-refractivity contribution in [1.82, 2.24) is 0 Å². The van der Waals surface area contributed by atoms with Crippen molar-refractivity contribution in [3.05, 3.63) is 39.9 Å². The van der Waals surface area contributed by atoms with E-state index in [4.69, 9.17) is 0 Å². The van der Waals surface area contributed by atoms with E-state index in [2.05, 4.69) is 0 Å². The molecule has 0 atom stereocenters. The Labute approximate surface area is 85.9 Å². The van der Waals surface area contributed by atoms with Crippen LogP contribution in [0.1, 0.15) is 33.3 Å². The van der Waals surface area contributed by atoms with Crippen LogP contribution >= 0.6 is 0 Å². The van der Waals surface area contributed by atoms with Gasteiger partial charge in [0.1, 0.15) is 0 Å². The third-order valence-corrected chi connectivity index (χ3v) is 1.24. The van der Waals surface area contributed by atoms with Gasteiger partial charge in [0.05, 0.1) is 4.92 Å². The molecule has 0 aliphatic rings. The number of aryl methyl sites for hydroxylation is 1. The zero-order valence-electron chi connectivity index (χ0n) is 9.57. The van der Waals surface area contributed by atoms with Crippen LogP contribution in [0.3, 0.4) is 0 Å². The largest absolute Gasteiger partial charge is 0.269 e. The van der Waals surface area contributed by atoms with Crippen LogP contribution in [0.15, 0.2) is 24.3 Å². The second-order valence-corrected chi connectivity index (χ2v) is 2.09. The molecule has 0 N–H and O–H groups in total. The molecule has 1 aromatic carbocycles. The van der Waals surface area contributed by atoms with E-state index < -0.39 is 4.92 Å². The van der Waals surface area contributed by atoms with Crippen molar-refractivity contribution >= 4 is 5.69 Å². The summed E-state index contributed by atoms with van der Waals surface area (Å²) in [5.41, 5.74) is 1.18. The minimum absolute atomic E-state index is 0.144. The first-order valence-corrected chi connectivity index (χ1v) is 4.91. The van der Waals surface area contributed by atoms with Gasteiger partial charge in [-0.15, -0.1) is 0 Å². The zero-order valence-corrected chi connectivity index (χ0v) is 9.57. The maximum Gasteiger partial charge on any atom is 0.269 e. The van der Waals surface area contributed by atoms with Crippen LogP contribution in [0, 0.1) is 17.0 Å². The Bertz CT molecular complexity index is 242. The highest BCUT2D eigenvalue weighted by Gasteiger charge is 2.00. The van der Waals surface area contributed by atoms with Crippen LogP contribution in [0.25, 0.3) is 0 Å². The summed E-state index contributed by atoms with van der Waals surface area (Å²) < 4.78 is 0. The number of nitrogens with zero attached hydrogens (tertiary/aromatic N) is 1. The van der Waals surface area contributed by atoms with Crippen LogP contribution in [-0.2, 0) is 0 Å². The Kier molecular flexibility index (Phi) is 10.5. The average molecular weight is 197 g/mol. The Hall–Kier alpha value is -1.38. The lowest BCUT2D eigenvalue weighted by atomic mass is 10.2. The molecule has 0 spiro atoms. The maximum atomic E-state index is 10.1. The van der Waals surface area contributed by atoms with Crippen molar-refractivity contribution in [3.63, 3.8) is 0 Å². The second-order valence-electron chi connectivity index (χ2n) is 2.09. The summed E-state index contributed by atoms with van der Waals surface area (Å²) in [6.07, 6.45) is 0. The zero-order chi connectivity index (χ0) is 11.6. The normalized spacial score (nSPS) is 7.50. The Balaban J connectivity index is 0. The van der Waals surface area contributed by atoms with Crippen LogP contribution in [0.4, 0.5) is 5.69 Å². The lowest BCUT2D eigenvalue weighted by molar-refractivity contribution is -0.384. The highest BCUT2D eigenvalue weighted by atomic mass is 16.6. The molecule has 0 bridgehead atoms. The summed E-state index contributed by atoms with van der Waals surface area (Å²) in [5, 5.41) is 10.1. The van der Waals surface area contributed by atoms with E-state index in [-0.39, 0.29) is 5.69 Å². The SMILES string of the molecule is CC.CC.Cc1ccc([N+](=O)[O-])cc1. The molecule has 1 rings (SSSR count). The van der Waals surface area contributed by atoms with Gasteiger partial charge < -0.3 is 0 Å². The molecule has 0 aliphatic heterocycles. The van der Waals surface area contributed by atoms with Gasteiger partial charge in [-0.25, -0.2) is 0 Å².